The summed E-state index contributed by atoms with van der Waals surface area (Å²) < 4.78 is 34.8. The Hall–Kier alpha value is -10.3. The van der Waals surface area contributed by atoms with Crippen molar-refractivity contribution in [2.75, 3.05) is 4.90 Å². The highest BCUT2D eigenvalue weighted by atomic mass is 32.2. The molecule has 96 heavy (non-hydrogen) atoms. The number of sulfone groups is 1. The zero-order valence-corrected chi connectivity index (χ0v) is 56.0. The molecule has 0 spiro atoms. The number of hydrogen-bond acceptors (Lipinski definition) is 4. The first kappa shape index (κ1) is 59.5. The van der Waals surface area contributed by atoms with Gasteiger partial charge in [-0.3, -0.25) is 0 Å². The molecule has 0 saturated heterocycles. The molecule has 4 atom stereocenters. The summed E-state index contributed by atoms with van der Waals surface area (Å²) in [6, 6.07) is 112. The number of aromatic nitrogens is 2. The molecule has 0 saturated carbocycles. The Bertz CT molecular complexity index is 5470. The summed E-state index contributed by atoms with van der Waals surface area (Å²) in [6.07, 6.45) is 12.5. The normalized spacial score (nSPS) is 16.8. The molecule has 3 aliphatic rings. The van der Waals surface area contributed by atoms with Gasteiger partial charge in [-0.25, -0.2) is 8.42 Å². The maximum atomic E-state index is 14.9. The Morgan fingerprint density at radius 1 is 0.406 bits per heavy atom. The third-order valence-electron chi connectivity index (χ3n) is 19.2. The van der Waals surface area contributed by atoms with Crippen molar-refractivity contribution >= 4 is 131 Å². The fraction of sp³-hybridized carbons (Fsp3) is 0.0581. The molecule has 12 aromatic carbocycles. The van der Waals surface area contributed by atoms with Crippen molar-refractivity contribution in [1.29, 1.82) is 5.26 Å². The maximum Gasteiger partial charge on any atom is 0.206 e. The van der Waals surface area contributed by atoms with E-state index in [1.807, 2.05) is 19.1 Å². The largest absolute Gasteiger partial charge is 0.333 e. The maximum absolute atomic E-state index is 14.9. The number of anilines is 2. The molecular weight excluding hydrogens is 1250 g/mol. The number of allylic oxidation sites excluding steroid dienone is 5. The van der Waals surface area contributed by atoms with Crippen LogP contribution in [0.2, 0.25) is 0 Å². The van der Waals surface area contributed by atoms with Crippen LogP contribution < -0.4 is 47.3 Å². The van der Waals surface area contributed by atoms with E-state index in [4.69, 9.17) is 0 Å². The molecule has 0 amide bonds. The van der Waals surface area contributed by atoms with E-state index in [0.717, 1.165) is 66.4 Å². The van der Waals surface area contributed by atoms with E-state index in [0.29, 0.717) is 0 Å². The van der Waals surface area contributed by atoms with Gasteiger partial charge in [-0.05, 0) is 156 Å². The average Bonchev–Trinajstić information content (AvgIpc) is 1.50. The van der Waals surface area contributed by atoms with Crippen LogP contribution in [0.5, 0.6) is 0 Å². The molecule has 0 radical (unpaired) electrons. The molecule has 14 aromatic rings. The van der Waals surface area contributed by atoms with E-state index in [2.05, 4.69) is 317 Å². The first-order valence-corrected chi connectivity index (χ1v) is 38.1. The van der Waals surface area contributed by atoms with Gasteiger partial charge in [0.1, 0.15) is 0 Å². The van der Waals surface area contributed by atoms with Crippen LogP contribution in [0.4, 0.5) is 11.4 Å². The lowest BCUT2D eigenvalue weighted by Gasteiger charge is -2.32. The zero-order chi connectivity index (χ0) is 64.4. The Kier molecular flexibility index (Phi) is 15.4. The second kappa shape index (κ2) is 24.8. The Balaban J connectivity index is 1.05. The van der Waals surface area contributed by atoms with Crippen LogP contribution in [0.1, 0.15) is 18.4 Å². The molecule has 3 heterocycles. The van der Waals surface area contributed by atoms with Crippen LogP contribution in [0.25, 0.3) is 55.0 Å². The van der Waals surface area contributed by atoms with Crippen LogP contribution in [-0.4, -0.2) is 23.6 Å². The van der Waals surface area contributed by atoms with Gasteiger partial charge in [0.2, 0.25) is 9.84 Å². The van der Waals surface area contributed by atoms with Gasteiger partial charge in [-0.2, -0.15) is 5.26 Å². The lowest BCUT2D eigenvalue weighted by atomic mass is 9.88. The molecule has 3 unspecified atom stereocenters. The van der Waals surface area contributed by atoms with Crippen molar-refractivity contribution in [3.63, 3.8) is 0 Å². The van der Waals surface area contributed by atoms with E-state index in [1.54, 1.807) is 30.4 Å². The van der Waals surface area contributed by atoms with Crippen molar-refractivity contribution < 1.29 is 8.42 Å². The van der Waals surface area contributed by atoms with Gasteiger partial charge in [0.05, 0.1) is 55.6 Å². The fourth-order valence-electron chi connectivity index (χ4n) is 14.9. The SMILES string of the molecule is C[C@@H]1C=C(S(=O)(=O)c2ccc(N3c4c(c5c(c6cc(P(c7ccccc7)c7ccccc7)ccc6n5-c5ccccc5)c5c4c4cc(P(c6ccccc6)c6ccccc6)ccc4n5-c4ccccc4)C4C=C(P(c5ccccc5)c5ccccc5)C=CC43)cc2)C=CC1C#N. The van der Waals surface area contributed by atoms with E-state index >= 15 is 0 Å². The predicted molar refractivity (Wildman–Crippen MR) is 407 cm³/mol. The lowest BCUT2D eigenvalue weighted by Crippen LogP contribution is -2.29. The second-order valence-electron chi connectivity index (χ2n) is 24.8. The Morgan fingerprint density at radius 3 is 1.26 bits per heavy atom. The number of para-hydroxylation sites is 2. The molecule has 10 heteroatoms. The number of benzene rings is 12. The highest BCUT2D eigenvalue weighted by Crippen LogP contribution is 2.61. The molecule has 6 nitrogen and oxygen atoms in total. The first-order valence-electron chi connectivity index (χ1n) is 32.6. The molecular formula is C86H63N4O2P3S. The Morgan fingerprint density at radius 2 is 0.823 bits per heavy atom. The molecule has 460 valence electrons. The summed E-state index contributed by atoms with van der Waals surface area (Å²) in [5.74, 6) is -0.879. The minimum atomic E-state index is -3.97. The monoisotopic (exact) mass is 1310 g/mol. The zero-order valence-electron chi connectivity index (χ0n) is 52.5. The van der Waals surface area contributed by atoms with Crippen LogP contribution in [-0.2, 0) is 9.84 Å². The van der Waals surface area contributed by atoms with Gasteiger partial charge in [0, 0.05) is 50.1 Å². The first-order chi connectivity index (χ1) is 47.3. The van der Waals surface area contributed by atoms with Crippen molar-refractivity contribution in [3.8, 4) is 17.4 Å². The van der Waals surface area contributed by atoms with Gasteiger partial charge >= 0.3 is 0 Å². The molecule has 1 aliphatic heterocycles. The number of rotatable bonds is 14. The highest BCUT2D eigenvalue weighted by Gasteiger charge is 2.45. The minimum Gasteiger partial charge on any atom is -0.333 e. The van der Waals surface area contributed by atoms with Crippen LogP contribution >= 0.6 is 23.8 Å². The number of nitrogens with zero attached hydrogens (tertiary/aromatic N) is 4. The molecule has 2 aliphatic carbocycles. The fourth-order valence-corrected chi connectivity index (χ4v) is 23.4. The number of nitriles is 1. The van der Waals surface area contributed by atoms with Gasteiger partial charge < -0.3 is 14.0 Å². The second-order valence-corrected chi connectivity index (χ2v) is 33.4. The molecule has 0 bridgehead atoms. The van der Waals surface area contributed by atoms with E-state index < -0.39 is 39.5 Å². The van der Waals surface area contributed by atoms with Gasteiger partial charge in [0.25, 0.3) is 0 Å². The predicted octanol–water partition coefficient (Wildman–Crippen LogP) is 17.6. The highest BCUT2D eigenvalue weighted by molar-refractivity contribution is 7.95. The lowest BCUT2D eigenvalue weighted by molar-refractivity contribution is 0.593. The minimum absolute atomic E-state index is 0.200. The topological polar surface area (TPSA) is 71.0 Å². The van der Waals surface area contributed by atoms with Gasteiger partial charge in [0.15, 0.2) is 0 Å². The number of fused-ring (bicyclic) bond motifs is 12. The average molecular weight is 1310 g/mol. The molecule has 17 rings (SSSR count). The van der Waals surface area contributed by atoms with Crippen LogP contribution in [0.3, 0.4) is 0 Å². The third kappa shape index (κ3) is 10.1. The van der Waals surface area contributed by atoms with Crippen molar-refractivity contribution in [2.24, 2.45) is 11.8 Å². The summed E-state index contributed by atoms with van der Waals surface area (Å²) in [5.41, 5.74) is 9.67. The molecule has 2 aromatic heterocycles. The van der Waals surface area contributed by atoms with Gasteiger partial charge in [-0.15, -0.1) is 0 Å². The van der Waals surface area contributed by atoms with Crippen molar-refractivity contribution in [3.05, 3.63) is 356 Å². The summed E-state index contributed by atoms with van der Waals surface area (Å²) in [4.78, 5) is 2.96. The summed E-state index contributed by atoms with van der Waals surface area (Å²) >= 11 is 0. The van der Waals surface area contributed by atoms with E-state index in [9.17, 15) is 13.7 Å². The van der Waals surface area contributed by atoms with Crippen LogP contribution in [0.15, 0.2) is 355 Å². The van der Waals surface area contributed by atoms with Crippen LogP contribution in [0, 0.1) is 23.2 Å². The van der Waals surface area contributed by atoms with Crippen molar-refractivity contribution in [1.82, 2.24) is 9.13 Å². The smallest absolute Gasteiger partial charge is 0.206 e. The standard InChI is InChI=1S/C86H63N4O2P3S/c1-59-54-74(48-42-60(59)58-87)96(91,92)73-49-43-63(44-50-73)90-80-53-47-72(95(68-38-22-8-23-39-68)69-40-24-9-25-41-69)57-77(80)83-85-81(75-55-70(45-51-78(75)88(85)61-26-10-2-11-27-61)93(64-30-14-4-15-31-64)65-32-16-5-17-33-65)84-82(86(83)90)76-56-71(46-52-79(76)89(84)62-28-12-3-13-29-62)94(66-34-18-6-19-35-66)67-36-20-7-21-37-67/h2-57,59-60,77,80H,1H3/t59-,60?,77?,80?/m1/s1. The van der Waals surface area contributed by atoms with E-state index in [-0.39, 0.29) is 27.7 Å². The molecule has 0 N–H and O–H groups in total. The van der Waals surface area contributed by atoms with Gasteiger partial charge in [-0.1, -0.05) is 268 Å². The van der Waals surface area contributed by atoms with Crippen molar-refractivity contribution in [2.45, 2.75) is 23.8 Å². The molecule has 0 fully saturated rings. The third-order valence-corrected chi connectivity index (χ3v) is 28.3. The Labute approximate surface area is 563 Å². The summed E-state index contributed by atoms with van der Waals surface area (Å²) in [5, 5.41) is 25.9. The summed E-state index contributed by atoms with van der Waals surface area (Å²) in [7, 11) is -7.09. The summed E-state index contributed by atoms with van der Waals surface area (Å²) in [6.45, 7) is 1.90. The quantitative estimate of drug-likeness (QED) is 0.102. The van der Waals surface area contributed by atoms with E-state index in [1.165, 1.54) is 53.3 Å². The number of hydrogen-bond donors (Lipinski definition) is 0.